The number of aliphatic hydroxyl groups is 1. The van der Waals surface area contributed by atoms with Gasteiger partial charge in [0, 0.05) is 10.6 Å². The number of ketones is 1. The van der Waals surface area contributed by atoms with E-state index in [9.17, 15) is 14.7 Å². The first-order valence-electron chi connectivity index (χ1n) is 13.6. The third kappa shape index (κ3) is 5.80. The Morgan fingerprint density at radius 2 is 1.88 bits per heavy atom. The Kier molecular flexibility index (Phi) is 8.70. The lowest BCUT2D eigenvalue weighted by Gasteiger charge is -2.24. The fraction of sp³-hybridized carbons (Fsp3) is 0.281. The number of benzene rings is 3. The molecule has 4 aromatic rings. The summed E-state index contributed by atoms with van der Waals surface area (Å²) in [5.74, 6) is 0.0357. The van der Waals surface area contributed by atoms with Crippen molar-refractivity contribution in [3.63, 3.8) is 0 Å². The monoisotopic (exact) mass is 606 g/mol. The van der Waals surface area contributed by atoms with Crippen LogP contribution in [0.15, 0.2) is 66.2 Å². The molecule has 1 aliphatic rings. The van der Waals surface area contributed by atoms with E-state index in [2.05, 4.69) is 18.8 Å². The van der Waals surface area contributed by atoms with Crippen LogP contribution in [0.2, 0.25) is 5.02 Å². The number of rotatable bonds is 10. The van der Waals surface area contributed by atoms with Crippen LogP contribution in [-0.4, -0.2) is 42.1 Å². The standard InChI is InChI=1S/C32H31ClN2O6S/c1-5-40-22-8-6-7-20(15-22)29(36)27-28(19-9-12-24(25(16-19)39-4)41-14-13-18(2)3)35(31(38)30(27)37)32-34-23-11-10-21(33)17-26(23)42-32/h6-12,15-18,28,36H,5,13-14H2,1-4H3/b29-27+. The summed E-state index contributed by atoms with van der Waals surface area (Å²) < 4.78 is 18.0. The average Bonchev–Trinajstić information content (AvgIpc) is 3.50. The van der Waals surface area contributed by atoms with Crippen LogP contribution in [-0.2, 0) is 9.59 Å². The molecule has 218 valence electrons. The zero-order valence-electron chi connectivity index (χ0n) is 23.7. The second-order valence-electron chi connectivity index (χ2n) is 10.2. The van der Waals surface area contributed by atoms with Gasteiger partial charge in [0.1, 0.15) is 11.5 Å². The number of fused-ring (bicyclic) bond motifs is 1. The van der Waals surface area contributed by atoms with Crippen LogP contribution in [0.3, 0.4) is 0 Å². The van der Waals surface area contributed by atoms with Gasteiger partial charge in [-0.1, -0.05) is 55.0 Å². The van der Waals surface area contributed by atoms with Gasteiger partial charge in [0.05, 0.1) is 42.2 Å². The van der Waals surface area contributed by atoms with E-state index in [1.54, 1.807) is 60.7 Å². The molecule has 1 aromatic heterocycles. The number of halogens is 1. The average molecular weight is 607 g/mol. The second kappa shape index (κ2) is 12.4. The largest absolute Gasteiger partial charge is 0.507 e. The minimum Gasteiger partial charge on any atom is -0.507 e. The van der Waals surface area contributed by atoms with Crippen LogP contribution in [0.25, 0.3) is 16.0 Å². The Bertz CT molecular complexity index is 1680. The van der Waals surface area contributed by atoms with Crippen molar-refractivity contribution in [3.05, 3.63) is 82.4 Å². The molecule has 0 spiro atoms. The number of thiazole rings is 1. The number of anilines is 1. The minimum absolute atomic E-state index is 0.0681. The molecule has 0 radical (unpaired) electrons. The molecule has 1 atom stereocenters. The number of methoxy groups -OCH3 is 1. The van der Waals surface area contributed by atoms with Crippen molar-refractivity contribution in [3.8, 4) is 17.2 Å². The molecule has 1 aliphatic heterocycles. The summed E-state index contributed by atoms with van der Waals surface area (Å²) in [5.41, 5.74) is 1.46. The molecule has 0 aliphatic carbocycles. The van der Waals surface area contributed by atoms with Gasteiger partial charge in [0.25, 0.3) is 5.78 Å². The number of aliphatic hydroxyl groups excluding tert-OH is 1. The molecule has 8 nitrogen and oxygen atoms in total. The highest BCUT2D eigenvalue weighted by Gasteiger charge is 2.48. The summed E-state index contributed by atoms with van der Waals surface area (Å²) in [7, 11) is 1.53. The van der Waals surface area contributed by atoms with Gasteiger partial charge in [0.2, 0.25) is 0 Å². The number of aromatic nitrogens is 1. The Labute approximate surface area is 253 Å². The minimum atomic E-state index is -0.990. The van der Waals surface area contributed by atoms with Gasteiger partial charge in [0.15, 0.2) is 16.6 Å². The number of Topliss-reactive ketones (excluding diaryl/α,β-unsaturated/α-hetero) is 1. The van der Waals surface area contributed by atoms with Gasteiger partial charge < -0.3 is 19.3 Å². The van der Waals surface area contributed by atoms with Crippen molar-refractivity contribution in [1.82, 2.24) is 4.98 Å². The lowest BCUT2D eigenvalue weighted by Crippen LogP contribution is -2.29. The van der Waals surface area contributed by atoms with Crippen LogP contribution in [0.4, 0.5) is 5.13 Å². The quantitative estimate of drug-likeness (QED) is 0.114. The van der Waals surface area contributed by atoms with Gasteiger partial charge in [-0.2, -0.15) is 0 Å². The molecular weight excluding hydrogens is 576 g/mol. The number of hydrogen-bond donors (Lipinski definition) is 1. The van der Waals surface area contributed by atoms with E-state index in [-0.39, 0.29) is 11.3 Å². The molecule has 10 heteroatoms. The maximum absolute atomic E-state index is 13.7. The predicted octanol–water partition coefficient (Wildman–Crippen LogP) is 7.41. The molecule has 1 amide bonds. The highest BCUT2D eigenvalue weighted by molar-refractivity contribution is 7.22. The predicted molar refractivity (Wildman–Crippen MR) is 165 cm³/mol. The third-order valence-corrected chi connectivity index (χ3v) is 8.12. The fourth-order valence-corrected chi connectivity index (χ4v) is 6.04. The number of amides is 1. The van der Waals surface area contributed by atoms with E-state index < -0.39 is 17.7 Å². The van der Waals surface area contributed by atoms with Crippen molar-refractivity contribution >= 4 is 55.7 Å². The lowest BCUT2D eigenvalue weighted by molar-refractivity contribution is -0.132. The number of carbonyl (C=O) groups excluding carboxylic acids is 2. The zero-order valence-corrected chi connectivity index (χ0v) is 25.3. The second-order valence-corrected chi connectivity index (χ2v) is 11.6. The van der Waals surface area contributed by atoms with Gasteiger partial charge in [-0.3, -0.25) is 14.5 Å². The Morgan fingerprint density at radius 1 is 1.07 bits per heavy atom. The summed E-state index contributed by atoms with van der Waals surface area (Å²) >= 11 is 7.44. The van der Waals surface area contributed by atoms with Gasteiger partial charge >= 0.3 is 5.91 Å². The Balaban J connectivity index is 1.66. The molecule has 0 bridgehead atoms. The van der Waals surface area contributed by atoms with Crippen LogP contribution in [0.5, 0.6) is 17.2 Å². The van der Waals surface area contributed by atoms with Crippen LogP contribution in [0.1, 0.15) is 44.4 Å². The molecule has 5 rings (SSSR count). The Morgan fingerprint density at radius 3 is 2.62 bits per heavy atom. The SMILES string of the molecule is CCOc1cccc(/C(O)=C2\C(=O)C(=O)N(c3nc4ccc(Cl)cc4s3)C2c2ccc(OCCC(C)C)c(OC)c2)c1. The van der Waals surface area contributed by atoms with E-state index in [0.717, 1.165) is 11.1 Å². The van der Waals surface area contributed by atoms with Gasteiger partial charge in [-0.25, -0.2) is 4.98 Å². The van der Waals surface area contributed by atoms with E-state index in [4.69, 9.17) is 25.8 Å². The lowest BCUT2D eigenvalue weighted by atomic mass is 9.95. The fourth-order valence-electron chi connectivity index (χ4n) is 4.77. The molecule has 1 N–H and O–H groups in total. The Hall–Kier alpha value is -4.08. The molecule has 1 unspecified atom stereocenters. The van der Waals surface area contributed by atoms with Crippen molar-refractivity contribution in [2.45, 2.75) is 33.2 Å². The molecule has 42 heavy (non-hydrogen) atoms. The summed E-state index contributed by atoms with van der Waals surface area (Å²) in [4.78, 5) is 33.3. The summed E-state index contributed by atoms with van der Waals surface area (Å²) in [6.45, 7) is 7.03. The van der Waals surface area contributed by atoms with Crippen LogP contribution < -0.4 is 19.1 Å². The zero-order chi connectivity index (χ0) is 30.0. The maximum Gasteiger partial charge on any atom is 0.301 e. The number of hydrogen-bond acceptors (Lipinski definition) is 8. The molecule has 2 heterocycles. The topological polar surface area (TPSA) is 98.2 Å². The van der Waals surface area contributed by atoms with E-state index in [1.165, 1.54) is 23.3 Å². The van der Waals surface area contributed by atoms with Gasteiger partial charge in [-0.05, 0) is 67.3 Å². The van der Waals surface area contributed by atoms with E-state index in [1.807, 2.05) is 6.92 Å². The van der Waals surface area contributed by atoms with Crippen LogP contribution >= 0.6 is 22.9 Å². The normalized spacial score (nSPS) is 16.4. The first kappa shape index (κ1) is 29.4. The summed E-state index contributed by atoms with van der Waals surface area (Å²) in [5, 5.41) is 12.4. The molecule has 0 saturated carbocycles. The first-order valence-corrected chi connectivity index (χ1v) is 14.8. The van der Waals surface area contributed by atoms with E-state index >= 15 is 0 Å². The smallest absolute Gasteiger partial charge is 0.301 e. The van der Waals surface area contributed by atoms with E-state index in [0.29, 0.717) is 63.2 Å². The molecular formula is C32H31ClN2O6S. The van der Waals surface area contributed by atoms with Crippen molar-refractivity contribution in [1.29, 1.82) is 0 Å². The summed E-state index contributed by atoms with van der Waals surface area (Å²) in [6, 6.07) is 16.3. The number of carbonyl (C=O) groups is 2. The molecule has 1 fully saturated rings. The van der Waals surface area contributed by atoms with Gasteiger partial charge in [-0.15, -0.1) is 0 Å². The van der Waals surface area contributed by atoms with Crippen molar-refractivity contribution in [2.24, 2.45) is 5.92 Å². The van der Waals surface area contributed by atoms with Crippen LogP contribution in [0, 0.1) is 5.92 Å². The number of nitrogens with zero attached hydrogens (tertiary/aromatic N) is 2. The molecule has 1 saturated heterocycles. The van der Waals surface area contributed by atoms with Crippen molar-refractivity contribution in [2.75, 3.05) is 25.2 Å². The maximum atomic E-state index is 13.7. The summed E-state index contributed by atoms with van der Waals surface area (Å²) in [6.07, 6.45) is 0.869. The highest BCUT2D eigenvalue weighted by atomic mass is 35.5. The molecule has 3 aromatic carbocycles. The highest BCUT2D eigenvalue weighted by Crippen LogP contribution is 2.46. The first-order chi connectivity index (χ1) is 20.2. The van der Waals surface area contributed by atoms with Crippen molar-refractivity contribution < 1.29 is 28.9 Å². The third-order valence-electron chi connectivity index (χ3n) is 6.86. The number of ether oxygens (including phenoxy) is 3.